The van der Waals surface area contributed by atoms with Crippen molar-refractivity contribution in [1.82, 2.24) is 25.3 Å². The maximum Gasteiger partial charge on any atom is 0.246 e. The van der Waals surface area contributed by atoms with Crippen molar-refractivity contribution in [2.45, 2.75) is 98.6 Å². The molecule has 2 N–H and O–H groups in total. The molecule has 3 saturated heterocycles. The van der Waals surface area contributed by atoms with Crippen molar-refractivity contribution < 1.29 is 9.53 Å². The number of nitrogens with one attached hydrogen (secondary N) is 2. The minimum absolute atomic E-state index is 0.0765. The normalized spacial score (nSPS) is 36.0. The highest BCUT2D eigenvalue weighted by molar-refractivity contribution is 8.00. The van der Waals surface area contributed by atoms with Crippen LogP contribution in [0.15, 0.2) is 35.7 Å². The SMILES string of the molecule is C=CC(=O)N1CCN(C2NC(OCC3CCCN3C)NC3C[C@@]4(CCc5cc(C)ccc5S4)CCC32)CC1CC#N. The Hall–Kier alpha value is -1.93. The van der Waals surface area contributed by atoms with Crippen LogP contribution in [0.1, 0.15) is 56.1 Å². The largest absolute Gasteiger partial charge is 0.348 e. The van der Waals surface area contributed by atoms with Crippen molar-refractivity contribution in [3.8, 4) is 6.07 Å². The van der Waals surface area contributed by atoms with Crippen molar-refractivity contribution in [1.29, 1.82) is 5.26 Å². The zero-order chi connectivity index (χ0) is 28.6. The van der Waals surface area contributed by atoms with Gasteiger partial charge in [0, 0.05) is 47.3 Å². The van der Waals surface area contributed by atoms with Crippen LogP contribution < -0.4 is 10.6 Å². The van der Waals surface area contributed by atoms with Gasteiger partial charge in [0.25, 0.3) is 0 Å². The Bertz CT molecular complexity index is 1170. The van der Waals surface area contributed by atoms with Crippen LogP contribution in [0.4, 0.5) is 0 Å². The number of carbonyl (C=O) groups excluding carboxylic acids is 1. The number of likely N-dealkylation sites (tertiary alicyclic amines) is 1. The smallest absolute Gasteiger partial charge is 0.246 e. The fraction of sp³-hybridized carbons (Fsp3) is 0.688. The number of aryl methyl sites for hydroxylation is 2. The van der Waals surface area contributed by atoms with E-state index in [4.69, 9.17) is 4.74 Å². The molecule has 1 amide bonds. The Morgan fingerprint density at radius 1 is 1.24 bits per heavy atom. The molecule has 222 valence electrons. The summed E-state index contributed by atoms with van der Waals surface area (Å²) >= 11 is 2.12. The van der Waals surface area contributed by atoms with Crippen LogP contribution in [-0.2, 0) is 16.0 Å². The molecule has 4 heterocycles. The first-order valence-electron chi connectivity index (χ1n) is 15.5. The fourth-order valence-electron chi connectivity index (χ4n) is 8.03. The summed E-state index contributed by atoms with van der Waals surface area (Å²) in [4.78, 5) is 20.8. The molecule has 0 aromatic heterocycles. The first-order chi connectivity index (χ1) is 19.9. The van der Waals surface area contributed by atoms with Crippen LogP contribution in [0.3, 0.4) is 0 Å². The van der Waals surface area contributed by atoms with Gasteiger partial charge in [-0.05, 0) is 83.2 Å². The average molecular weight is 579 g/mol. The number of hydrogen-bond donors (Lipinski definition) is 2. The molecule has 4 aliphatic heterocycles. The van der Waals surface area contributed by atoms with Gasteiger partial charge in [-0.2, -0.15) is 5.26 Å². The zero-order valence-electron chi connectivity index (χ0n) is 24.7. The Morgan fingerprint density at radius 2 is 2.12 bits per heavy atom. The van der Waals surface area contributed by atoms with Gasteiger partial charge in [-0.3, -0.25) is 20.3 Å². The number of likely N-dealkylation sites (N-methyl/N-ethyl adjacent to an activating group) is 1. The Morgan fingerprint density at radius 3 is 2.90 bits per heavy atom. The summed E-state index contributed by atoms with van der Waals surface area (Å²) in [5, 5.41) is 17.3. The molecule has 8 nitrogen and oxygen atoms in total. The number of benzene rings is 1. The molecule has 5 aliphatic rings. The van der Waals surface area contributed by atoms with Gasteiger partial charge in [0.15, 0.2) is 6.35 Å². The third kappa shape index (κ3) is 6.11. The van der Waals surface area contributed by atoms with Crippen LogP contribution in [0.2, 0.25) is 0 Å². The summed E-state index contributed by atoms with van der Waals surface area (Å²) in [5.41, 5.74) is 2.86. The van der Waals surface area contributed by atoms with Crippen LogP contribution in [0, 0.1) is 24.2 Å². The number of thioether (sulfide) groups is 1. The monoisotopic (exact) mass is 578 g/mol. The van der Waals surface area contributed by atoms with Gasteiger partial charge in [-0.15, -0.1) is 11.8 Å². The molecule has 6 unspecified atom stereocenters. The minimum atomic E-state index is -0.212. The van der Waals surface area contributed by atoms with E-state index in [1.54, 1.807) is 0 Å². The van der Waals surface area contributed by atoms with Gasteiger partial charge in [0.05, 0.1) is 31.3 Å². The summed E-state index contributed by atoms with van der Waals surface area (Å²) < 4.78 is 6.83. The summed E-state index contributed by atoms with van der Waals surface area (Å²) in [7, 11) is 2.20. The molecule has 1 aromatic carbocycles. The second-order valence-corrected chi connectivity index (χ2v) is 14.4. The molecule has 6 rings (SSSR count). The lowest BCUT2D eigenvalue weighted by atomic mass is 9.72. The molecule has 7 atom stereocenters. The lowest BCUT2D eigenvalue weighted by molar-refractivity contribution is -0.135. The van der Waals surface area contributed by atoms with Crippen LogP contribution in [0.5, 0.6) is 0 Å². The van der Waals surface area contributed by atoms with E-state index < -0.39 is 0 Å². The first kappa shape index (κ1) is 29.2. The predicted octanol–water partition coefficient (Wildman–Crippen LogP) is 3.47. The van der Waals surface area contributed by atoms with E-state index in [1.807, 2.05) is 4.90 Å². The average Bonchev–Trinajstić information content (AvgIpc) is 3.39. The van der Waals surface area contributed by atoms with Crippen molar-refractivity contribution in [3.63, 3.8) is 0 Å². The lowest BCUT2D eigenvalue weighted by Crippen LogP contribution is -2.72. The number of carbonyl (C=O) groups is 1. The van der Waals surface area contributed by atoms with Crippen molar-refractivity contribution in [2.24, 2.45) is 5.92 Å². The number of nitrogens with zero attached hydrogens (tertiary/aromatic N) is 4. The summed E-state index contributed by atoms with van der Waals surface area (Å²) in [6.07, 6.45) is 9.95. The molecule has 0 radical (unpaired) electrons. The second-order valence-electron chi connectivity index (χ2n) is 12.9. The third-order valence-electron chi connectivity index (χ3n) is 10.3. The maximum atomic E-state index is 12.6. The standard InChI is InChI=1S/C32H46N6O2S/c1-4-29(39)38-17-16-37(20-24(38)11-14-33)30-26-10-13-32(12-9-23-18-22(2)7-8-28(23)41-32)19-27(26)34-31(35-30)40-21-25-6-5-15-36(25)3/h4,7-8,18,24-27,30-31,34-35H,1,5-6,9-13,15-17,19-21H2,2-3H3/t24?,25?,26?,27?,30?,31?,32-/m1/s1. The van der Waals surface area contributed by atoms with Crippen molar-refractivity contribution in [2.75, 3.05) is 39.8 Å². The van der Waals surface area contributed by atoms with Crippen molar-refractivity contribution >= 4 is 17.7 Å². The zero-order valence-corrected chi connectivity index (χ0v) is 25.5. The quantitative estimate of drug-likeness (QED) is 0.497. The highest BCUT2D eigenvalue weighted by atomic mass is 32.2. The molecule has 1 saturated carbocycles. The highest BCUT2D eigenvalue weighted by Gasteiger charge is 2.50. The van der Waals surface area contributed by atoms with E-state index in [-0.39, 0.29) is 29.2 Å². The third-order valence-corrected chi connectivity index (χ3v) is 12.0. The minimum Gasteiger partial charge on any atom is -0.348 e. The van der Waals surface area contributed by atoms with Crippen molar-refractivity contribution in [3.05, 3.63) is 42.0 Å². The number of piperazine rings is 1. The molecule has 4 fully saturated rings. The number of hydrogen-bond acceptors (Lipinski definition) is 8. The van der Waals surface area contributed by atoms with E-state index >= 15 is 0 Å². The van der Waals surface area contributed by atoms with Gasteiger partial charge < -0.3 is 14.5 Å². The van der Waals surface area contributed by atoms with E-state index in [2.05, 4.69) is 77.0 Å². The molecule has 1 aromatic rings. The molecule has 1 spiro atoms. The van der Waals surface area contributed by atoms with E-state index in [1.165, 1.54) is 47.8 Å². The topological polar surface area (TPSA) is 83.9 Å². The Labute approximate surface area is 249 Å². The predicted molar refractivity (Wildman–Crippen MR) is 162 cm³/mol. The number of rotatable bonds is 6. The number of fused-ring (bicyclic) bond motifs is 2. The lowest BCUT2D eigenvalue weighted by Gasteiger charge is -2.56. The summed E-state index contributed by atoms with van der Waals surface area (Å²) in [5.74, 6) is 0.367. The van der Waals surface area contributed by atoms with Crippen LogP contribution >= 0.6 is 11.8 Å². The highest BCUT2D eigenvalue weighted by Crippen LogP contribution is 2.53. The molecular weight excluding hydrogens is 532 g/mol. The fourth-order valence-corrected chi connectivity index (χ4v) is 9.61. The van der Waals surface area contributed by atoms with Gasteiger partial charge in [0.2, 0.25) is 5.91 Å². The Balaban J connectivity index is 1.20. The van der Waals surface area contributed by atoms with E-state index in [0.717, 1.165) is 39.0 Å². The Kier molecular flexibility index (Phi) is 8.79. The summed E-state index contributed by atoms with van der Waals surface area (Å²) in [6, 6.07) is 9.99. The molecular formula is C32H46N6O2S. The van der Waals surface area contributed by atoms with Crippen LogP contribution in [0.25, 0.3) is 0 Å². The molecule has 0 bridgehead atoms. The summed E-state index contributed by atoms with van der Waals surface area (Å²) in [6.45, 7) is 9.84. The van der Waals surface area contributed by atoms with E-state index in [9.17, 15) is 10.1 Å². The van der Waals surface area contributed by atoms with Crippen LogP contribution in [-0.4, -0.2) is 95.8 Å². The molecule has 9 heteroatoms. The first-order valence-corrected chi connectivity index (χ1v) is 16.4. The number of amides is 1. The number of ether oxygens (including phenoxy) is 1. The second kappa shape index (κ2) is 12.4. The molecule has 41 heavy (non-hydrogen) atoms. The van der Waals surface area contributed by atoms with Gasteiger partial charge in [-0.25, -0.2) is 0 Å². The van der Waals surface area contributed by atoms with E-state index in [0.29, 0.717) is 37.5 Å². The van der Waals surface area contributed by atoms with Gasteiger partial charge in [0.1, 0.15) is 0 Å². The molecule has 1 aliphatic carbocycles. The van der Waals surface area contributed by atoms with Gasteiger partial charge >= 0.3 is 0 Å². The maximum absolute atomic E-state index is 12.6. The number of nitriles is 1. The van der Waals surface area contributed by atoms with Gasteiger partial charge in [-0.1, -0.05) is 24.3 Å².